The van der Waals surface area contributed by atoms with E-state index in [1.807, 2.05) is 38.1 Å². The molecule has 0 radical (unpaired) electrons. The first-order valence-electron chi connectivity index (χ1n) is 17.2. The predicted octanol–water partition coefficient (Wildman–Crippen LogP) is 7.23. The Kier molecular flexibility index (Phi) is 10.4. The first-order chi connectivity index (χ1) is 23.5. The van der Waals surface area contributed by atoms with Gasteiger partial charge >= 0.3 is 0 Å². The highest BCUT2D eigenvalue weighted by Gasteiger charge is 2.46. The number of carbonyl (C=O) groups excluding carboxylic acids is 3. The van der Waals surface area contributed by atoms with E-state index < -0.39 is 6.04 Å². The van der Waals surface area contributed by atoms with Gasteiger partial charge in [-0.25, -0.2) is 15.0 Å². The van der Waals surface area contributed by atoms with Crippen molar-refractivity contribution in [3.63, 3.8) is 0 Å². The first-order valence-corrected chi connectivity index (χ1v) is 18.0. The number of nitrogens with zero attached hydrogens (tertiary/aromatic N) is 6. The van der Waals surface area contributed by atoms with Gasteiger partial charge in [0.25, 0.3) is 0 Å². The number of carbonyl (C=O) groups is 3. The molecule has 6 rings (SSSR count). The van der Waals surface area contributed by atoms with Gasteiger partial charge in [-0.05, 0) is 72.2 Å². The molecule has 2 amide bonds. The minimum Gasteiger partial charge on any atom is -0.493 e. The standard InChI is InChI=1S/C37H44BrN7O4/c1-23-12-13-32(38)41-35(23)42-36(48)30-18-37(4)14-10-8-6-5-7-9-11-15-49-31-17-29-28(16-27(31)26-19-39-25(3)40-20-26)34(24(2)46)43-45(29)21-33(47)44(30)22-37/h12-13,16-17,19-20,30H,5-11,14-15,18,21-22H2,1-4H3,(H,41,42,48)/t30-,37+/m0/s1. The molecule has 3 aromatic heterocycles. The average Bonchev–Trinajstić information content (AvgIpc) is 3.61. The fraction of sp³-hybridized carbons (Fsp3) is 0.486. The van der Waals surface area contributed by atoms with Crippen LogP contribution in [0.2, 0.25) is 0 Å². The lowest BCUT2D eigenvalue weighted by Gasteiger charge is -2.25. The van der Waals surface area contributed by atoms with Crippen molar-refractivity contribution in [2.24, 2.45) is 5.41 Å². The largest absolute Gasteiger partial charge is 0.493 e. The quantitative estimate of drug-likeness (QED) is 0.172. The number of nitrogens with one attached hydrogen (secondary N) is 1. The second-order valence-electron chi connectivity index (χ2n) is 13.9. The van der Waals surface area contributed by atoms with Gasteiger partial charge in [0.15, 0.2) is 5.78 Å². The van der Waals surface area contributed by atoms with E-state index >= 15 is 0 Å². The van der Waals surface area contributed by atoms with E-state index in [-0.39, 0.29) is 35.3 Å². The van der Waals surface area contributed by atoms with Crippen molar-refractivity contribution < 1.29 is 19.1 Å². The summed E-state index contributed by atoms with van der Waals surface area (Å²) in [5.74, 6) is 1.02. The number of aromatic nitrogens is 5. The molecule has 4 aromatic rings. The van der Waals surface area contributed by atoms with Gasteiger partial charge in [0, 0.05) is 48.4 Å². The Morgan fingerprint density at radius 3 is 2.47 bits per heavy atom. The second kappa shape index (κ2) is 14.7. The van der Waals surface area contributed by atoms with Gasteiger partial charge in [-0.15, -0.1) is 0 Å². The van der Waals surface area contributed by atoms with Crippen LogP contribution in [0.25, 0.3) is 22.0 Å². The fourth-order valence-electron chi connectivity index (χ4n) is 7.07. The molecule has 1 N–H and O–H groups in total. The number of halogens is 1. The summed E-state index contributed by atoms with van der Waals surface area (Å²) in [5.41, 5.74) is 3.01. The number of Topliss-reactive ketones (excluding diaryl/α,β-unsaturated/α-hetero) is 1. The molecule has 0 saturated carbocycles. The summed E-state index contributed by atoms with van der Waals surface area (Å²) in [4.78, 5) is 56.1. The lowest BCUT2D eigenvalue weighted by molar-refractivity contribution is -0.137. The molecular weight excluding hydrogens is 686 g/mol. The Bertz CT molecular complexity index is 1870. The van der Waals surface area contributed by atoms with Crippen LogP contribution in [0.4, 0.5) is 5.82 Å². The van der Waals surface area contributed by atoms with Crippen LogP contribution in [0.5, 0.6) is 5.75 Å². The molecule has 2 aliphatic rings. The second-order valence-corrected chi connectivity index (χ2v) is 14.7. The minimum atomic E-state index is -0.676. The number of pyridine rings is 1. The minimum absolute atomic E-state index is 0.135. The molecule has 49 heavy (non-hydrogen) atoms. The highest BCUT2D eigenvalue weighted by Crippen LogP contribution is 2.41. The van der Waals surface area contributed by atoms with Crippen LogP contribution >= 0.6 is 15.9 Å². The summed E-state index contributed by atoms with van der Waals surface area (Å²) in [6.07, 6.45) is 12.6. The van der Waals surface area contributed by atoms with Crippen molar-refractivity contribution in [3.05, 3.63) is 58.3 Å². The molecule has 1 saturated heterocycles. The third-order valence-corrected chi connectivity index (χ3v) is 10.2. The van der Waals surface area contributed by atoms with Gasteiger partial charge in [0.05, 0.1) is 12.1 Å². The number of hydrogen-bond acceptors (Lipinski definition) is 8. The smallest absolute Gasteiger partial charge is 0.248 e. The molecule has 2 aliphatic heterocycles. The highest BCUT2D eigenvalue weighted by atomic mass is 79.9. The third kappa shape index (κ3) is 7.84. The van der Waals surface area contributed by atoms with Gasteiger partial charge in [-0.1, -0.05) is 51.5 Å². The summed E-state index contributed by atoms with van der Waals surface area (Å²) >= 11 is 3.40. The topological polar surface area (TPSA) is 132 Å². The van der Waals surface area contributed by atoms with Crippen molar-refractivity contribution in [2.75, 3.05) is 18.5 Å². The van der Waals surface area contributed by atoms with Crippen LogP contribution in [-0.2, 0) is 16.1 Å². The van der Waals surface area contributed by atoms with Crippen molar-refractivity contribution in [2.45, 2.75) is 98.1 Å². The monoisotopic (exact) mass is 729 g/mol. The first kappa shape index (κ1) is 34.7. The molecule has 258 valence electrons. The van der Waals surface area contributed by atoms with E-state index in [0.29, 0.717) is 52.5 Å². The SMILES string of the molecule is CC(=O)c1nn2c3cc(c(-c4cnc(C)nc4)cc13)OCCCCCCCCC[C@]1(C)C[C@@H](C(=O)Nc3nc(Br)ccc3C)N(C1)C(=O)C2. The van der Waals surface area contributed by atoms with Crippen molar-refractivity contribution in [1.29, 1.82) is 0 Å². The van der Waals surface area contributed by atoms with Gasteiger partial charge in [-0.3, -0.25) is 19.1 Å². The molecule has 2 atom stereocenters. The Labute approximate surface area is 295 Å². The number of ketones is 1. The van der Waals surface area contributed by atoms with E-state index in [1.54, 1.807) is 22.0 Å². The molecule has 4 bridgehead atoms. The van der Waals surface area contributed by atoms with Crippen LogP contribution in [0.1, 0.15) is 93.5 Å². The zero-order chi connectivity index (χ0) is 34.7. The van der Waals surface area contributed by atoms with Crippen LogP contribution < -0.4 is 10.1 Å². The van der Waals surface area contributed by atoms with Crippen molar-refractivity contribution >= 4 is 50.2 Å². The summed E-state index contributed by atoms with van der Waals surface area (Å²) in [6, 6.07) is 6.80. The molecule has 11 nitrogen and oxygen atoms in total. The number of benzene rings is 1. The maximum absolute atomic E-state index is 14.3. The van der Waals surface area contributed by atoms with Crippen LogP contribution in [0.3, 0.4) is 0 Å². The van der Waals surface area contributed by atoms with Gasteiger partial charge in [-0.2, -0.15) is 5.10 Å². The zero-order valence-electron chi connectivity index (χ0n) is 28.7. The predicted molar refractivity (Wildman–Crippen MR) is 191 cm³/mol. The van der Waals surface area contributed by atoms with Gasteiger partial charge in [0.2, 0.25) is 11.8 Å². The normalized spacial score (nSPS) is 20.8. The van der Waals surface area contributed by atoms with Gasteiger partial charge in [0.1, 0.15) is 40.3 Å². The Morgan fingerprint density at radius 1 is 1.02 bits per heavy atom. The average molecular weight is 731 g/mol. The van der Waals surface area contributed by atoms with Crippen LogP contribution in [0, 0.1) is 19.3 Å². The third-order valence-electron chi connectivity index (χ3n) is 9.79. The zero-order valence-corrected chi connectivity index (χ0v) is 30.3. The molecule has 0 aliphatic carbocycles. The Balaban J connectivity index is 1.39. The highest BCUT2D eigenvalue weighted by molar-refractivity contribution is 9.10. The van der Waals surface area contributed by atoms with E-state index in [2.05, 4.69) is 48.2 Å². The summed E-state index contributed by atoms with van der Waals surface area (Å²) in [6.45, 7) is 8.23. The number of anilines is 1. The maximum atomic E-state index is 14.3. The maximum Gasteiger partial charge on any atom is 0.248 e. The molecular formula is C37H44BrN7O4. The number of ether oxygens (including phenoxy) is 1. The number of fused-ring (bicyclic) bond motifs is 3. The van der Waals surface area contributed by atoms with E-state index in [9.17, 15) is 14.4 Å². The molecule has 1 aromatic carbocycles. The van der Waals surface area contributed by atoms with Crippen molar-refractivity contribution in [1.82, 2.24) is 29.6 Å². The molecule has 1 fully saturated rings. The molecule has 0 spiro atoms. The molecule has 0 unspecified atom stereocenters. The fourth-order valence-corrected chi connectivity index (χ4v) is 7.38. The number of aryl methyl sites for hydroxylation is 2. The van der Waals surface area contributed by atoms with Crippen LogP contribution in [0.15, 0.2) is 41.3 Å². The lowest BCUT2D eigenvalue weighted by Crippen LogP contribution is -2.44. The van der Waals surface area contributed by atoms with E-state index in [1.165, 1.54) is 6.92 Å². The number of amides is 2. The lowest BCUT2D eigenvalue weighted by atomic mass is 9.82. The van der Waals surface area contributed by atoms with Crippen molar-refractivity contribution in [3.8, 4) is 16.9 Å². The Morgan fingerprint density at radius 2 is 1.73 bits per heavy atom. The van der Waals surface area contributed by atoms with E-state index in [0.717, 1.165) is 68.1 Å². The van der Waals surface area contributed by atoms with E-state index in [4.69, 9.17) is 4.74 Å². The molecule has 12 heteroatoms. The summed E-state index contributed by atoms with van der Waals surface area (Å²) in [5, 5.41) is 8.28. The summed E-state index contributed by atoms with van der Waals surface area (Å²) in [7, 11) is 0. The molecule has 5 heterocycles. The van der Waals surface area contributed by atoms with Gasteiger partial charge < -0.3 is 15.0 Å². The number of rotatable bonds is 4. The number of hydrogen-bond donors (Lipinski definition) is 1. The Hall–Kier alpha value is -4.19. The summed E-state index contributed by atoms with van der Waals surface area (Å²) < 4.78 is 8.59. The van der Waals surface area contributed by atoms with Crippen LogP contribution in [-0.4, -0.2) is 66.4 Å².